The molecule has 4 atom stereocenters. The van der Waals surface area contributed by atoms with Crippen LogP contribution < -0.4 is 29.6 Å². The second-order valence-electron chi connectivity index (χ2n) is 16.6. The van der Waals surface area contributed by atoms with Crippen molar-refractivity contribution in [2.24, 2.45) is 5.41 Å². The number of rotatable bonds is 16. The molecule has 4 aromatic rings. The number of aliphatic carboxylic acids is 1. The number of ether oxygens (including phenoxy) is 4. The number of halogens is 2. The van der Waals surface area contributed by atoms with E-state index in [4.69, 9.17) is 42.1 Å². The normalized spacial score (nSPS) is 21.6. The summed E-state index contributed by atoms with van der Waals surface area (Å²) in [7, 11) is 0. The number of likely N-dealkylation sites (tertiary alicyclic amines) is 1. The van der Waals surface area contributed by atoms with Crippen LogP contribution in [0.5, 0.6) is 23.0 Å². The van der Waals surface area contributed by atoms with E-state index in [1.165, 1.54) is 23.6 Å². The molecule has 4 aromatic carbocycles. The number of hydrogen-bond acceptors (Lipinski definition) is 10. The number of carbonyl (C=O) groups excluding carboxylic acids is 2. The lowest BCUT2D eigenvalue weighted by atomic mass is 9.85. The van der Waals surface area contributed by atoms with Gasteiger partial charge in [-0.15, -0.1) is 0 Å². The third-order valence-corrected chi connectivity index (χ3v) is 13.2. The van der Waals surface area contributed by atoms with E-state index in [1.54, 1.807) is 12.1 Å². The van der Waals surface area contributed by atoms with Gasteiger partial charge in [0, 0.05) is 49.3 Å². The van der Waals surface area contributed by atoms with Gasteiger partial charge >= 0.3 is 5.97 Å². The molecule has 2 aliphatic carbocycles. The summed E-state index contributed by atoms with van der Waals surface area (Å²) in [6.45, 7) is 7.35. The molecule has 2 fully saturated rings. The first-order valence-electron chi connectivity index (χ1n) is 21.0. The number of carboxylic acids is 1. The second kappa shape index (κ2) is 17.5. The first kappa shape index (κ1) is 42.8. The van der Waals surface area contributed by atoms with E-state index in [0.29, 0.717) is 77.9 Å². The predicted octanol–water partition coefficient (Wildman–Crippen LogP) is 7.75. The number of hydrogen-bond donors (Lipinski definition) is 4. The van der Waals surface area contributed by atoms with Crippen LogP contribution in [-0.4, -0.2) is 71.3 Å². The Morgan fingerprint density at radius 2 is 1.43 bits per heavy atom. The summed E-state index contributed by atoms with van der Waals surface area (Å²) in [6.07, 6.45) is 3.61. The van der Waals surface area contributed by atoms with Crippen LogP contribution >= 0.6 is 23.2 Å². The number of fused-ring (bicyclic) bond motifs is 2. The molecular formula is C47H51Cl2N3O9. The fourth-order valence-electron chi connectivity index (χ4n) is 9.31. The SMILES string of the molecule is CCOc1cc(O[C@H]2CCc3c(-c4cccc5c4CC[C@@H]5Oc4cc(OCC)c(CN5CCC6(CC(=O)NC6=O)C5)cc4Cl)cccc32)c(Cl)cc1CN[C@@](C)(CO)C(=O)O. The minimum absolute atomic E-state index is 0.114. The largest absolute Gasteiger partial charge is 0.493 e. The standard InChI is InChI=1S/C47H51Cl2N3O9/c1-4-58-39-20-41(35(48)18-27(39)23-50-46(3,26-53)45(56)57)60-37-14-12-31-29(8-6-10-33(31)37)30-9-7-11-34-32(30)13-15-38(34)61-42-21-40(59-5-2)28(19-36(42)49)24-52-17-16-47(25-52)22-43(54)51-44(47)55/h6-11,18-21,37-38,50,53H,4-5,12-17,22-26H2,1-3H3,(H,56,57)(H,51,54,55)/t37-,38-,46-,47?/m0/s1. The molecule has 0 radical (unpaired) electrons. The monoisotopic (exact) mass is 871 g/mol. The Hall–Kier alpha value is -4.85. The average Bonchev–Trinajstić information content (AvgIpc) is 4.02. The summed E-state index contributed by atoms with van der Waals surface area (Å²) in [5.41, 5.74) is 6.40. The lowest BCUT2D eigenvalue weighted by Gasteiger charge is -2.25. The van der Waals surface area contributed by atoms with Gasteiger partial charge in [-0.3, -0.25) is 29.9 Å². The van der Waals surface area contributed by atoms with Crippen LogP contribution in [0.15, 0.2) is 60.7 Å². The highest BCUT2D eigenvalue weighted by Crippen LogP contribution is 2.47. The van der Waals surface area contributed by atoms with E-state index in [9.17, 15) is 24.6 Å². The molecule has 0 saturated carbocycles. The molecule has 2 saturated heterocycles. The highest BCUT2D eigenvalue weighted by atomic mass is 35.5. The zero-order valence-corrected chi connectivity index (χ0v) is 36.1. The summed E-state index contributed by atoms with van der Waals surface area (Å²) in [4.78, 5) is 38.5. The molecule has 4 N–H and O–H groups in total. The molecule has 8 rings (SSSR count). The van der Waals surface area contributed by atoms with Crippen molar-refractivity contribution in [1.29, 1.82) is 0 Å². The maximum atomic E-state index is 12.6. The smallest absolute Gasteiger partial charge is 0.326 e. The predicted molar refractivity (Wildman–Crippen MR) is 231 cm³/mol. The van der Waals surface area contributed by atoms with E-state index in [-0.39, 0.29) is 37.0 Å². The van der Waals surface area contributed by atoms with Gasteiger partial charge in [0.15, 0.2) is 0 Å². The number of carboxylic acid groups (broad SMARTS) is 1. The average molecular weight is 873 g/mol. The third-order valence-electron chi connectivity index (χ3n) is 12.6. The Bertz CT molecular complexity index is 2370. The molecular weight excluding hydrogens is 821 g/mol. The molecule has 61 heavy (non-hydrogen) atoms. The lowest BCUT2D eigenvalue weighted by Crippen LogP contribution is -2.52. The number of nitrogens with one attached hydrogen (secondary N) is 2. The molecule has 4 aliphatic rings. The van der Waals surface area contributed by atoms with Gasteiger partial charge in [0.2, 0.25) is 11.8 Å². The molecule has 0 bridgehead atoms. The molecule has 12 nitrogen and oxygen atoms in total. The van der Waals surface area contributed by atoms with Gasteiger partial charge < -0.3 is 29.2 Å². The van der Waals surface area contributed by atoms with Gasteiger partial charge in [-0.25, -0.2) is 0 Å². The number of aliphatic hydroxyl groups excluding tert-OH is 1. The quantitative estimate of drug-likeness (QED) is 0.0817. The zero-order chi connectivity index (χ0) is 43.1. The molecule has 322 valence electrons. The van der Waals surface area contributed by atoms with E-state index in [1.807, 2.05) is 26.0 Å². The van der Waals surface area contributed by atoms with Crippen LogP contribution in [0, 0.1) is 5.41 Å². The fraction of sp³-hybridized carbons (Fsp3) is 0.426. The van der Waals surface area contributed by atoms with E-state index in [2.05, 4.69) is 51.9 Å². The Morgan fingerprint density at radius 1 is 0.869 bits per heavy atom. The van der Waals surface area contributed by atoms with Crippen molar-refractivity contribution >= 4 is 41.0 Å². The summed E-state index contributed by atoms with van der Waals surface area (Å²) < 4.78 is 25.4. The van der Waals surface area contributed by atoms with Crippen LogP contribution in [0.4, 0.5) is 0 Å². The van der Waals surface area contributed by atoms with Crippen molar-refractivity contribution in [3.8, 4) is 34.1 Å². The number of benzene rings is 4. The molecule has 1 unspecified atom stereocenters. The number of imide groups is 1. The van der Waals surface area contributed by atoms with Crippen LogP contribution in [-0.2, 0) is 40.3 Å². The van der Waals surface area contributed by atoms with Crippen LogP contribution in [0.2, 0.25) is 10.0 Å². The van der Waals surface area contributed by atoms with Crippen molar-refractivity contribution in [3.05, 3.63) is 104 Å². The van der Waals surface area contributed by atoms with Crippen molar-refractivity contribution < 1.29 is 43.5 Å². The van der Waals surface area contributed by atoms with Crippen molar-refractivity contribution in [2.75, 3.05) is 32.9 Å². The molecule has 0 aromatic heterocycles. The van der Waals surface area contributed by atoms with Crippen LogP contribution in [0.3, 0.4) is 0 Å². The first-order chi connectivity index (χ1) is 29.3. The molecule has 2 amide bonds. The number of carbonyl (C=O) groups is 3. The molecule has 2 aliphatic heterocycles. The van der Waals surface area contributed by atoms with Gasteiger partial charge in [0.05, 0.1) is 35.3 Å². The lowest BCUT2D eigenvalue weighted by molar-refractivity contribution is -0.146. The topological polar surface area (TPSA) is 156 Å². The van der Waals surface area contributed by atoms with Gasteiger partial charge in [-0.05, 0) is 105 Å². The maximum Gasteiger partial charge on any atom is 0.326 e. The van der Waals surface area contributed by atoms with E-state index in [0.717, 1.165) is 47.9 Å². The summed E-state index contributed by atoms with van der Waals surface area (Å²) in [6, 6.07) is 20.0. The van der Waals surface area contributed by atoms with Crippen LogP contribution in [0.1, 0.15) is 92.0 Å². The van der Waals surface area contributed by atoms with E-state index >= 15 is 0 Å². The van der Waals surface area contributed by atoms with Gasteiger partial charge in [-0.1, -0.05) is 59.6 Å². The molecule has 14 heteroatoms. The van der Waals surface area contributed by atoms with Gasteiger partial charge in [0.1, 0.15) is 40.7 Å². The zero-order valence-electron chi connectivity index (χ0n) is 34.6. The highest BCUT2D eigenvalue weighted by Gasteiger charge is 2.50. The van der Waals surface area contributed by atoms with Gasteiger partial charge in [0.25, 0.3) is 0 Å². The van der Waals surface area contributed by atoms with Crippen molar-refractivity contribution in [2.45, 2.75) is 90.1 Å². The van der Waals surface area contributed by atoms with Crippen LogP contribution in [0.25, 0.3) is 11.1 Å². The van der Waals surface area contributed by atoms with Gasteiger partial charge in [-0.2, -0.15) is 0 Å². The Labute approximate surface area is 365 Å². The Kier molecular flexibility index (Phi) is 12.3. The summed E-state index contributed by atoms with van der Waals surface area (Å²) >= 11 is 13.7. The number of nitrogens with zero attached hydrogens (tertiary/aromatic N) is 1. The molecule has 1 spiro atoms. The minimum atomic E-state index is -1.53. The fourth-order valence-corrected chi connectivity index (χ4v) is 9.77. The Balaban J connectivity index is 0.993. The Morgan fingerprint density at radius 3 is 1.93 bits per heavy atom. The number of amides is 2. The third kappa shape index (κ3) is 8.40. The maximum absolute atomic E-state index is 12.6. The summed E-state index contributed by atoms with van der Waals surface area (Å²) in [5, 5.41) is 25.6. The van der Waals surface area contributed by atoms with Crippen molar-refractivity contribution in [1.82, 2.24) is 15.5 Å². The highest BCUT2D eigenvalue weighted by molar-refractivity contribution is 6.32. The van der Waals surface area contributed by atoms with E-state index < -0.39 is 23.5 Å². The minimum Gasteiger partial charge on any atom is -0.493 e. The summed E-state index contributed by atoms with van der Waals surface area (Å²) in [5.74, 6) is 0.677. The second-order valence-corrected chi connectivity index (χ2v) is 17.4. The molecule has 2 heterocycles. The number of aliphatic hydroxyl groups is 1. The first-order valence-corrected chi connectivity index (χ1v) is 21.7. The van der Waals surface area contributed by atoms with Crippen molar-refractivity contribution in [3.63, 3.8) is 0 Å².